The zero-order valence-electron chi connectivity index (χ0n) is 30.1. The largest absolute Gasteiger partial charge is 0.369 e. The first-order valence-corrected chi connectivity index (χ1v) is 18.7. The molecule has 2 aromatic carbocycles. The second-order valence-electron chi connectivity index (χ2n) is 14.9. The smallest absolute Gasteiger partial charge is 0.234 e. The molecule has 2 atom stereocenters. The molecule has 11 nitrogen and oxygen atoms in total. The van der Waals surface area contributed by atoms with Gasteiger partial charge in [0, 0.05) is 68.0 Å². The number of aryl methyl sites for hydroxylation is 1. The molecule has 5 aromatic rings. The number of carbonyl (C=O) groups excluding carboxylic acids is 2. The Labute approximate surface area is 307 Å². The molecule has 0 spiro atoms. The predicted octanol–water partition coefficient (Wildman–Crippen LogP) is 6.78. The Hall–Kier alpha value is -5.17. The second-order valence-corrected chi connectivity index (χ2v) is 14.9. The van der Waals surface area contributed by atoms with Crippen LogP contribution in [0, 0.1) is 24.5 Å². The van der Waals surface area contributed by atoms with Gasteiger partial charge in [-0.3, -0.25) is 28.9 Å². The molecule has 3 aromatic heterocycles. The van der Waals surface area contributed by atoms with Crippen LogP contribution in [0.4, 0.5) is 26.0 Å². The molecule has 1 saturated carbocycles. The average molecular weight is 722 g/mol. The number of benzene rings is 2. The Balaban J connectivity index is 0.811. The molecule has 2 saturated heterocycles. The molecule has 13 heteroatoms. The standard InChI is InChI=1S/C40H45F2N9O2/c1-25-19-33(35(42)20-34(25)41)36-22-44-38(39-43-14-16-50(36)39)46-29-21-45-51(24-29)31-7-3-27(4-8-31)13-15-48-17-18-49(23-26(48)2)30-9-5-28(6-10-30)32-11-12-37(52)47-40(32)53/h5-6,9-10,14,16,19-22,24,26-27,31-32H,3-4,7-8,11-13,15,17-18,23H2,1-2H3,(H,44,46)(H,47,52,53)/t26-,27?,31?,32?/m0/s1. The molecule has 3 fully saturated rings. The summed E-state index contributed by atoms with van der Waals surface area (Å²) in [5, 5.41) is 10.5. The van der Waals surface area contributed by atoms with Crippen molar-refractivity contribution < 1.29 is 18.4 Å². The van der Waals surface area contributed by atoms with Gasteiger partial charge in [0.05, 0.1) is 35.7 Å². The van der Waals surface area contributed by atoms with E-state index in [1.165, 1.54) is 31.0 Å². The van der Waals surface area contributed by atoms with E-state index < -0.39 is 11.6 Å². The summed E-state index contributed by atoms with van der Waals surface area (Å²) in [6.07, 6.45) is 15.5. The van der Waals surface area contributed by atoms with Gasteiger partial charge in [-0.2, -0.15) is 5.10 Å². The van der Waals surface area contributed by atoms with Gasteiger partial charge in [0.2, 0.25) is 11.8 Å². The molecule has 2 amide bonds. The van der Waals surface area contributed by atoms with Crippen molar-refractivity contribution in [3.63, 3.8) is 0 Å². The number of imide groups is 1. The van der Waals surface area contributed by atoms with Crippen molar-refractivity contribution in [2.75, 3.05) is 36.4 Å². The van der Waals surface area contributed by atoms with Crippen molar-refractivity contribution in [2.24, 2.45) is 5.92 Å². The van der Waals surface area contributed by atoms with Crippen molar-refractivity contribution in [1.82, 2.24) is 34.4 Å². The van der Waals surface area contributed by atoms with E-state index in [1.54, 1.807) is 36.1 Å². The number of piperidine rings is 1. The van der Waals surface area contributed by atoms with E-state index in [2.05, 4.69) is 54.1 Å². The van der Waals surface area contributed by atoms with Gasteiger partial charge in [-0.15, -0.1) is 0 Å². The molecule has 0 bridgehead atoms. The van der Waals surface area contributed by atoms with Crippen LogP contribution in [-0.4, -0.2) is 73.1 Å². The molecule has 1 unspecified atom stereocenters. The summed E-state index contributed by atoms with van der Waals surface area (Å²) >= 11 is 0. The summed E-state index contributed by atoms with van der Waals surface area (Å²) in [6.45, 7) is 8.01. The number of aromatic nitrogens is 5. The van der Waals surface area contributed by atoms with Crippen molar-refractivity contribution in [2.45, 2.75) is 76.8 Å². The van der Waals surface area contributed by atoms with E-state index in [0.717, 1.165) is 56.3 Å². The molecule has 8 rings (SSSR count). The SMILES string of the molecule is Cc1cc(-c2cnc(Nc3cnn(C4CCC(CCN5CCN(c6ccc(C7CCC(=O)NC7=O)cc6)C[C@@H]5C)CC4)c3)c3nccn23)c(F)cc1F. The second kappa shape index (κ2) is 14.7. The van der Waals surface area contributed by atoms with Crippen LogP contribution in [-0.2, 0) is 9.59 Å². The quantitative estimate of drug-likeness (QED) is 0.160. The first-order valence-electron chi connectivity index (χ1n) is 18.7. The van der Waals surface area contributed by atoms with Gasteiger partial charge in [-0.25, -0.2) is 18.7 Å². The molecular formula is C40H45F2N9O2. The number of halogens is 2. The number of nitrogens with one attached hydrogen (secondary N) is 2. The van der Waals surface area contributed by atoms with Crippen molar-refractivity contribution in [3.05, 3.63) is 90.1 Å². The normalized spacial score (nSPS) is 22.7. The Morgan fingerprint density at radius 1 is 0.962 bits per heavy atom. The van der Waals surface area contributed by atoms with Gasteiger partial charge in [0.15, 0.2) is 11.5 Å². The first-order chi connectivity index (χ1) is 25.7. The summed E-state index contributed by atoms with van der Waals surface area (Å²) in [4.78, 5) is 37.9. The Morgan fingerprint density at radius 2 is 1.77 bits per heavy atom. The van der Waals surface area contributed by atoms with E-state index in [9.17, 15) is 18.4 Å². The summed E-state index contributed by atoms with van der Waals surface area (Å²) in [5.74, 6) is -0.628. The lowest BCUT2D eigenvalue weighted by atomic mass is 9.84. The minimum Gasteiger partial charge on any atom is -0.369 e. The number of amides is 2. The van der Waals surface area contributed by atoms with Gasteiger partial charge in [-0.05, 0) is 94.2 Å². The highest BCUT2D eigenvalue weighted by Crippen LogP contribution is 2.35. The van der Waals surface area contributed by atoms with Crippen LogP contribution in [0.15, 0.2) is 67.4 Å². The molecule has 1 aliphatic carbocycles. The molecule has 53 heavy (non-hydrogen) atoms. The third-order valence-corrected chi connectivity index (χ3v) is 11.5. The van der Waals surface area contributed by atoms with Crippen LogP contribution in [0.25, 0.3) is 16.9 Å². The van der Waals surface area contributed by atoms with Gasteiger partial charge < -0.3 is 10.2 Å². The number of piperazine rings is 1. The molecule has 2 N–H and O–H groups in total. The van der Waals surface area contributed by atoms with Gasteiger partial charge in [-0.1, -0.05) is 12.1 Å². The minimum absolute atomic E-state index is 0.183. The Kier molecular flexibility index (Phi) is 9.67. The van der Waals surface area contributed by atoms with Crippen LogP contribution in [0.1, 0.15) is 75.0 Å². The van der Waals surface area contributed by atoms with Gasteiger partial charge in [0.25, 0.3) is 0 Å². The zero-order valence-corrected chi connectivity index (χ0v) is 30.1. The van der Waals surface area contributed by atoms with E-state index in [-0.39, 0.29) is 23.3 Å². The topological polar surface area (TPSA) is 113 Å². The lowest BCUT2D eigenvalue weighted by Crippen LogP contribution is -2.52. The molecule has 0 radical (unpaired) electrons. The van der Waals surface area contributed by atoms with Crippen molar-refractivity contribution in [1.29, 1.82) is 0 Å². The van der Waals surface area contributed by atoms with E-state index in [1.807, 2.05) is 18.3 Å². The molecule has 5 heterocycles. The maximum atomic E-state index is 14.7. The molecular weight excluding hydrogens is 676 g/mol. The predicted molar refractivity (Wildman–Crippen MR) is 199 cm³/mol. The zero-order chi connectivity index (χ0) is 36.6. The Bertz CT molecular complexity index is 2120. The minimum atomic E-state index is -0.649. The maximum absolute atomic E-state index is 14.7. The fraction of sp³-hybridized carbons (Fsp3) is 0.425. The lowest BCUT2D eigenvalue weighted by Gasteiger charge is -2.42. The summed E-state index contributed by atoms with van der Waals surface area (Å²) in [6, 6.07) is 11.5. The van der Waals surface area contributed by atoms with Crippen LogP contribution in [0.2, 0.25) is 0 Å². The fourth-order valence-electron chi connectivity index (χ4n) is 8.34. The van der Waals surface area contributed by atoms with E-state index >= 15 is 0 Å². The van der Waals surface area contributed by atoms with E-state index in [4.69, 9.17) is 5.10 Å². The van der Waals surface area contributed by atoms with E-state index in [0.29, 0.717) is 53.6 Å². The number of carbonyl (C=O) groups is 2. The lowest BCUT2D eigenvalue weighted by molar-refractivity contribution is -0.134. The number of nitrogens with zero attached hydrogens (tertiary/aromatic N) is 7. The first kappa shape index (κ1) is 34.9. The average Bonchev–Trinajstić information content (AvgIpc) is 3.84. The Morgan fingerprint density at radius 3 is 2.55 bits per heavy atom. The number of imidazole rings is 1. The summed E-state index contributed by atoms with van der Waals surface area (Å²) in [7, 11) is 0. The van der Waals surface area contributed by atoms with Crippen molar-refractivity contribution >= 4 is 34.7 Å². The van der Waals surface area contributed by atoms with Gasteiger partial charge >= 0.3 is 0 Å². The number of anilines is 3. The molecule has 3 aliphatic rings. The monoisotopic (exact) mass is 721 g/mol. The van der Waals surface area contributed by atoms with Crippen LogP contribution in [0.3, 0.4) is 0 Å². The number of fused-ring (bicyclic) bond motifs is 1. The highest BCUT2D eigenvalue weighted by atomic mass is 19.1. The molecule has 276 valence electrons. The number of hydrogen-bond donors (Lipinski definition) is 2. The molecule has 2 aliphatic heterocycles. The highest BCUT2D eigenvalue weighted by Gasteiger charge is 2.30. The number of rotatable bonds is 9. The van der Waals surface area contributed by atoms with Crippen LogP contribution < -0.4 is 15.5 Å². The third kappa shape index (κ3) is 7.26. The summed E-state index contributed by atoms with van der Waals surface area (Å²) < 4.78 is 32.5. The van der Waals surface area contributed by atoms with Gasteiger partial charge in [0.1, 0.15) is 11.6 Å². The third-order valence-electron chi connectivity index (χ3n) is 11.5. The number of hydrogen-bond acceptors (Lipinski definition) is 8. The highest BCUT2D eigenvalue weighted by molar-refractivity contribution is 6.01. The van der Waals surface area contributed by atoms with Crippen LogP contribution >= 0.6 is 0 Å². The fourth-order valence-corrected chi connectivity index (χ4v) is 8.34. The van der Waals surface area contributed by atoms with Crippen LogP contribution in [0.5, 0.6) is 0 Å². The summed E-state index contributed by atoms with van der Waals surface area (Å²) in [5.41, 5.74) is 4.60. The van der Waals surface area contributed by atoms with Crippen molar-refractivity contribution in [3.8, 4) is 11.3 Å². The maximum Gasteiger partial charge on any atom is 0.234 e.